The van der Waals surface area contributed by atoms with Crippen LogP contribution >= 0.6 is 11.3 Å². The van der Waals surface area contributed by atoms with Gasteiger partial charge >= 0.3 is 0 Å². The van der Waals surface area contributed by atoms with Crippen molar-refractivity contribution in [3.63, 3.8) is 0 Å². The van der Waals surface area contributed by atoms with E-state index in [-0.39, 0.29) is 17.9 Å². The van der Waals surface area contributed by atoms with E-state index >= 15 is 0 Å². The van der Waals surface area contributed by atoms with Crippen LogP contribution in [0.5, 0.6) is 5.75 Å². The van der Waals surface area contributed by atoms with Crippen molar-refractivity contribution in [2.45, 2.75) is 32.2 Å². The number of fused-ring (bicyclic) bond motifs is 1. The van der Waals surface area contributed by atoms with Crippen molar-refractivity contribution in [2.75, 3.05) is 45.9 Å². The Morgan fingerprint density at radius 2 is 1.65 bits per heavy atom. The van der Waals surface area contributed by atoms with Crippen molar-refractivity contribution in [3.05, 3.63) is 87.6 Å². The molecule has 0 bridgehead atoms. The predicted octanol–water partition coefficient (Wildman–Crippen LogP) is 4.86. The lowest BCUT2D eigenvalue weighted by molar-refractivity contribution is -0.134. The van der Waals surface area contributed by atoms with Gasteiger partial charge in [0.2, 0.25) is 5.91 Å². The Morgan fingerprint density at radius 3 is 2.38 bits per heavy atom. The van der Waals surface area contributed by atoms with E-state index in [1.807, 2.05) is 51.5 Å². The molecule has 0 spiro atoms. The smallest absolute Gasteiger partial charge is 0.253 e. The average Bonchev–Trinajstić information content (AvgIpc) is 3.42. The number of rotatable bonds is 8. The van der Waals surface area contributed by atoms with Crippen LogP contribution in [0.2, 0.25) is 0 Å². The quantitative estimate of drug-likeness (QED) is 0.401. The molecule has 3 heterocycles. The molecule has 6 nitrogen and oxygen atoms in total. The van der Waals surface area contributed by atoms with E-state index in [1.165, 1.54) is 16.0 Å². The van der Waals surface area contributed by atoms with Gasteiger partial charge in [0.15, 0.2) is 0 Å². The minimum absolute atomic E-state index is 0.0115. The number of piperazine rings is 1. The van der Waals surface area contributed by atoms with Gasteiger partial charge in [-0.1, -0.05) is 43.7 Å². The molecule has 0 saturated carbocycles. The minimum atomic E-state index is 0.0115. The third kappa shape index (κ3) is 5.89. The molecule has 0 N–H and O–H groups in total. The predicted molar refractivity (Wildman–Crippen MR) is 147 cm³/mol. The molecule has 0 aliphatic carbocycles. The third-order valence-electron chi connectivity index (χ3n) is 7.31. The van der Waals surface area contributed by atoms with Crippen molar-refractivity contribution in [2.24, 2.45) is 0 Å². The number of ether oxygens (including phenoxy) is 1. The molecule has 5 rings (SSSR count). The van der Waals surface area contributed by atoms with Gasteiger partial charge in [0.05, 0.1) is 19.2 Å². The first-order valence-electron chi connectivity index (χ1n) is 13.3. The first-order chi connectivity index (χ1) is 18.1. The van der Waals surface area contributed by atoms with Gasteiger partial charge in [0, 0.05) is 43.2 Å². The Hall–Kier alpha value is -3.16. The molecule has 2 aliphatic rings. The van der Waals surface area contributed by atoms with Gasteiger partial charge in [-0.05, 0) is 59.7 Å². The number of thiophene rings is 1. The van der Waals surface area contributed by atoms with E-state index in [1.54, 1.807) is 0 Å². The zero-order chi connectivity index (χ0) is 25.6. The lowest BCUT2D eigenvalue weighted by Gasteiger charge is -2.39. The topological polar surface area (TPSA) is 53.1 Å². The Morgan fingerprint density at radius 1 is 0.919 bits per heavy atom. The molecular formula is C30H35N3O3S. The monoisotopic (exact) mass is 517 g/mol. The zero-order valence-electron chi connectivity index (χ0n) is 21.5. The molecule has 2 aliphatic heterocycles. The summed E-state index contributed by atoms with van der Waals surface area (Å²) in [5.41, 5.74) is 3.22. The summed E-state index contributed by atoms with van der Waals surface area (Å²) in [7, 11) is 0. The third-order valence-corrected chi connectivity index (χ3v) is 8.30. The number of hydrogen-bond donors (Lipinski definition) is 0. The maximum Gasteiger partial charge on any atom is 0.253 e. The highest BCUT2D eigenvalue weighted by Crippen LogP contribution is 2.37. The van der Waals surface area contributed by atoms with Crippen molar-refractivity contribution < 1.29 is 14.3 Å². The van der Waals surface area contributed by atoms with E-state index in [9.17, 15) is 9.59 Å². The Kier molecular flexibility index (Phi) is 8.21. The molecule has 194 valence electrons. The Balaban J connectivity index is 1.17. The van der Waals surface area contributed by atoms with Crippen LogP contribution < -0.4 is 4.74 Å². The fourth-order valence-electron chi connectivity index (χ4n) is 5.21. The summed E-state index contributed by atoms with van der Waals surface area (Å²) in [4.78, 5) is 33.9. The van der Waals surface area contributed by atoms with Gasteiger partial charge in [0.1, 0.15) is 5.75 Å². The zero-order valence-corrected chi connectivity index (χ0v) is 22.3. The van der Waals surface area contributed by atoms with Crippen LogP contribution in [0.15, 0.2) is 66.0 Å². The van der Waals surface area contributed by atoms with Gasteiger partial charge in [-0.3, -0.25) is 14.5 Å². The summed E-state index contributed by atoms with van der Waals surface area (Å²) in [5.74, 6) is 0.944. The standard InChI is InChI=1S/C30H35N3O3S/c1-2-3-20-36-25-11-9-24(10-12-25)30(35)32-18-16-31(17-19-32)28(34)22-33-15-13-27-26(14-21-37-27)29(33)23-7-5-4-6-8-23/h4-12,14,21,29H,2-3,13,15-20,22H2,1H3/t29-/m1/s1. The van der Waals surface area contributed by atoms with Crippen molar-refractivity contribution in [1.29, 1.82) is 0 Å². The molecular weight excluding hydrogens is 482 g/mol. The molecule has 0 radical (unpaired) electrons. The van der Waals surface area contributed by atoms with Crippen LogP contribution in [0, 0.1) is 0 Å². The summed E-state index contributed by atoms with van der Waals surface area (Å²) in [6.07, 6.45) is 3.09. The molecule has 1 aromatic heterocycles. The van der Waals surface area contributed by atoms with Gasteiger partial charge in [-0.15, -0.1) is 11.3 Å². The van der Waals surface area contributed by atoms with E-state index in [2.05, 4.69) is 47.5 Å². The highest BCUT2D eigenvalue weighted by atomic mass is 32.1. The van der Waals surface area contributed by atoms with E-state index in [0.717, 1.165) is 31.6 Å². The lowest BCUT2D eigenvalue weighted by atomic mass is 9.93. The first kappa shape index (κ1) is 25.5. The van der Waals surface area contributed by atoms with Crippen LogP contribution in [0.4, 0.5) is 0 Å². The van der Waals surface area contributed by atoms with E-state index < -0.39 is 0 Å². The molecule has 37 heavy (non-hydrogen) atoms. The number of carbonyl (C=O) groups excluding carboxylic acids is 2. The number of carbonyl (C=O) groups is 2. The van der Waals surface area contributed by atoms with Gasteiger partial charge in [-0.2, -0.15) is 0 Å². The fourth-order valence-corrected chi connectivity index (χ4v) is 6.11. The van der Waals surface area contributed by atoms with Crippen LogP contribution in [-0.2, 0) is 11.2 Å². The SMILES string of the molecule is CCCCOc1ccc(C(=O)N2CCN(C(=O)CN3CCc4sccc4[C@H]3c3ccccc3)CC2)cc1. The lowest BCUT2D eigenvalue weighted by Crippen LogP contribution is -2.53. The maximum absolute atomic E-state index is 13.4. The Labute approximate surface area is 223 Å². The highest BCUT2D eigenvalue weighted by molar-refractivity contribution is 7.10. The number of amides is 2. The molecule has 1 saturated heterocycles. The fraction of sp³-hybridized carbons (Fsp3) is 0.400. The van der Waals surface area contributed by atoms with Crippen LogP contribution in [-0.4, -0.2) is 72.4 Å². The van der Waals surface area contributed by atoms with Gasteiger partial charge < -0.3 is 14.5 Å². The molecule has 1 atom stereocenters. The summed E-state index contributed by atoms with van der Waals surface area (Å²) >= 11 is 1.81. The molecule has 0 unspecified atom stereocenters. The number of hydrogen-bond acceptors (Lipinski definition) is 5. The summed E-state index contributed by atoms with van der Waals surface area (Å²) in [5, 5.41) is 2.16. The molecule has 3 aromatic rings. The van der Waals surface area contributed by atoms with Crippen molar-refractivity contribution in [3.8, 4) is 5.75 Å². The maximum atomic E-state index is 13.4. The molecule has 2 aromatic carbocycles. The number of unbranched alkanes of at least 4 members (excludes halogenated alkanes) is 1. The largest absolute Gasteiger partial charge is 0.494 e. The first-order valence-corrected chi connectivity index (χ1v) is 14.2. The van der Waals surface area contributed by atoms with Gasteiger partial charge in [0.25, 0.3) is 5.91 Å². The molecule has 1 fully saturated rings. The van der Waals surface area contributed by atoms with E-state index in [0.29, 0.717) is 44.9 Å². The normalized spacial score (nSPS) is 17.9. The second-order valence-corrected chi connectivity index (χ2v) is 10.7. The average molecular weight is 518 g/mol. The minimum Gasteiger partial charge on any atom is -0.494 e. The second kappa shape index (κ2) is 11.9. The van der Waals surface area contributed by atoms with Crippen LogP contribution in [0.3, 0.4) is 0 Å². The number of nitrogens with zero attached hydrogens (tertiary/aromatic N) is 3. The van der Waals surface area contributed by atoms with Crippen LogP contribution in [0.1, 0.15) is 52.2 Å². The summed E-state index contributed by atoms with van der Waals surface area (Å²) in [6.45, 7) is 6.32. The molecule has 7 heteroatoms. The Bertz CT molecular complexity index is 1190. The number of benzene rings is 2. The van der Waals surface area contributed by atoms with E-state index in [4.69, 9.17) is 4.74 Å². The van der Waals surface area contributed by atoms with Crippen LogP contribution in [0.25, 0.3) is 0 Å². The van der Waals surface area contributed by atoms with Crippen molar-refractivity contribution >= 4 is 23.2 Å². The van der Waals surface area contributed by atoms with Crippen molar-refractivity contribution in [1.82, 2.24) is 14.7 Å². The second-order valence-electron chi connectivity index (χ2n) is 9.73. The van der Waals surface area contributed by atoms with Gasteiger partial charge in [-0.25, -0.2) is 0 Å². The summed E-state index contributed by atoms with van der Waals surface area (Å²) < 4.78 is 5.71. The molecule has 2 amide bonds. The summed E-state index contributed by atoms with van der Waals surface area (Å²) in [6, 6.07) is 20.2. The highest BCUT2D eigenvalue weighted by Gasteiger charge is 2.33.